The van der Waals surface area contributed by atoms with Crippen molar-refractivity contribution in [2.75, 3.05) is 5.32 Å². The van der Waals surface area contributed by atoms with E-state index in [1.807, 2.05) is 19.9 Å². The number of fused-ring (bicyclic) bond motifs is 1. The Morgan fingerprint density at radius 3 is 2.53 bits per heavy atom. The first-order chi connectivity index (χ1) is 16.1. The van der Waals surface area contributed by atoms with Crippen LogP contribution < -0.4 is 16.7 Å². The third kappa shape index (κ3) is 4.60. The van der Waals surface area contributed by atoms with Crippen molar-refractivity contribution in [1.82, 2.24) is 14.1 Å². The Morgan fingerprint density at radius 1 is 1.15 bits per heavy atom. The molecule has 0 fully saturated rings. The van der Waals surface area contributed by atoms with Gasteiger partial charge in [-0.05, 0) is 55.3 Å². The van der Waals surface area contributed by atoms with E-state index in [9.17, 15) is 19.5 Å². The van der Waals surface area contributed by atoms with E-state index in [1.165, 1.54) is 11.5 Å². The number of carboxylic acids is 1. The second kappa shape index (κ2) is 9.18. The molecule has 0 saturated carbocycles. The van der Waals surface area contributed by atoms with Crippen LogP contribution in [-0.2, 0) is 17.9 Å². The molecule has 2 N–H and O–H groups in total. The summed E-state index contributed by atoms with van der Waals surface area (Å²) in [4.78, 5) is 41.4. The molecule has 10 heteroatoms. The van der Waals surface area contributed by atoms with Crippen molar-refractivity contribution in [3.8, 4) is 0 Å². The first-order valence-corrected chi connectivity index (χ1v) is 11.0. The lowest BCUT2D eigenvalue weighted by Crippen LogP contribution is -2.44. The molecule has 0 bridgehead atoms. The Morgan fingerprint density at radius 2 is 1.85 bits per heavy atom. The monoisotopic (exact) mass is 482 g/mol. The predicted octanol–water partition coefficient (Wildman–Crippen LogP) is 3.93. The number of aryl methyl sites for hydroxylation is 2. The number of hydrogen-bond acceptors (Lipinski definition) is 6. The zero-order valence-electron chi connectivity index (χ0n) is 18.8. The Balaban J connectivity index is 1.81. The maximum absolute atomic E-state index is 13.3. The molecule has 2 aromatic carbocycles. The zero-order chi connectivity index (χ0) is 24.6. The highest BCUT2D eigenvalue weighted by molar-refractivity contribution is 6.30. The molecule has 176 valence electrons. The molecule has 0 aliphatic heterocycles. The standard InChI is InChI=1S/C24H23ClN4O5/c1-13(21(30)31)11-29-23(32)27-22(28(24(29)33)12-16-4-6-17(25)7-5-16)26-18-8-9-20-19(10-18)14(2)15(3)34-20/h4-10,13H,11-12H2,1-3H3,(H,30,31)(H,26,27,32)/t13-/m0/s1. The molecular formula is C24H23ClN4O5. The summed E-state index contributed by atoms with van der Waals surface area (Å²) in [5, 5.41) is 13.8. The minimum absolute atomic E-state index is 0.0430. The Bertz CT molecular complexity index is 1500. The van der Waals surface area contributed by atoms with Crippen molar-refractivity contribution in [2.24, 2.45) is 5.92 Å². The lowest BCUT2D eigenvalue weighted by atomic mass is 10.1. The number of hydrogen-bond donors (Lipinski definition) is 2. The highest BCUT2D eigenvalue weighted by Crippen LogP contribution is 2.28. The third-order valence-electron chi connectivity index (χ3n) is 5.71. The van der Waals surface area contributed by atoms with Gasteiger partial charge in [0.2, 0.25) is 5.95 Å². The van der Waals surface area contributed by atoms with E-state index in [0.29, 0.717) is 10.7 Å². The van der Waals surface area contributed by atoms with Crippen molar-refractivity contribution in [2.45, 2.75) is 33.9 Å². The fourth-order valence-corrected chi connectivity index (χ4v) is 3.72. The summed E-state index contributed by atoms with van der Waals surface area (Å²) in [6, 6.07) is 12.3. The van der Waals surface area contributed by atoms with Gasteiger partial charge in [-0.15, -0.1) is 0 Å². The van der Waals surface area contributed by atoms with Gasteiger partial charge in [-0.2, -0.15) is 4.98 Å². The molecule has 2 aromatic heterocycles. The number of nitrogens with one attached hydrogen (secondary N) is 1. The summed E-state index contributed by atoms with van der Waals surface area (Å²) in [6.45, 7) is 5.06. The van der Waals surface area contributed by atoms with E-state index in [2.05, 4.69) is 10.3 Å². The molecule has 4 aromatic rings. The maximum Gasteiger partial charge on any atom is 0.354 e. The smallest absolute Gasteiger partial charge is 0.354 e. The molecule has 0 unspecified atom stereocenters. The van der Waals surface area contributed by atoms with Crippen LogP contribution in [0.1, 0.15) is 23.8 Å². The summed E-state index contributed by atoms with van der Waals surface area (Å²) >= 11 is 5.98. The number of aromatic nitrogens is 3. The van der Waals surface area contributed by atoms with E-state index in [4.69, 9.17) is 16.0 Å². The van der Waals surface area contributed by atoms with Crippen LogP contribution in [0.4, 0.5) is 11.6 Å². The average molecular weight is 483 g/mol. The first kappa shape index (κ1) is 23.3. The fraction of sp³-hybridized carbons (Fsp3) is 0.250. The van der Waals surface area contributed by atoms with Crippen LogP contribution in [0, 0.1) is 19.8 Å². The number of benzene rings is 2. The van der Waals surface area contributed by atoms with Crippen LogP contribution in [-0.4, -0.2) is 25.2 Å². The van der Waals surface area contributed by atoms with Gasteiger partial charge in [-0.1, -0.05) is 30.7 Å². The molecule has 34 heavy (non-hydrogen) atoms. The molecule has 1 atom stereocenters. The number of anilines is 2. The first-order valence-electron chi connectivity index (χ1n) is 10.6. The summed E-state index contributed by atoms with van der Waals surface area (Å²) in [5.74, 6) is -1.21. The van der Waals surface area contributed by atoms with Gasteiger partial charge in [0.05, 0.1) is 12.5 Å². The maximum atomic E-state index is 13.3. The summed E-state index contributed by atoms with van der Waals surface area (Å²) < 4.78 is 7.86. The van der Waals surface area contributed by atoms with Crippen LogP contribution in [0.15, 0.2) is 56.5 Å². The molecule has 0 aliphatic rings. The van der Waals surface area contributed by atoms with Gasteiger partial charge in [0, 0.05) is 22.6 Å². The minimum Gasteiger partial charge on any atom is -0.481 e. The summed E-state index contributed by atoms with van der Waals surface area (Å²) in [6.07, 6.45) is 0. The van der Waals surface area contributed by atoms with Gasteiger partial charge in [0.25, 0.3) is 0 Å². The SMILES string of the molecule is Cc1oc2ccc(Nc3nc(=O)n(C[C@H](C)C(=O)O)c(=O)n3Cc3ccc(Cl)cc3)cc2c1C. The molecule has 0 spiro atoms. The number of carbonyl (C=O) groups is 1. The zero-order valence-corrected chi connectivity index (χ0v) is 19.6. The van der Waals surface area contributed by atoms with Crippen LogP contribution in [0.5, 0.6) is 0 Å². The Hall–Kier alpha value is -3.85. The van der Waals surface area contributed by atoms with E-state index in [0.717, 1.165) is 32.4 Å². The molecule has 9 nitrogen and oxygen atoms in total. The van der Waals surface area contributed by atoms with Gasteiger partial charge in [-0.25, -0.2) is 14.2 Å². The van der Waals surface area contributed by atoms with Crippen molar-refractivity contribution < 1.29 is 14.3 Å². The number of carboxylic acid groups (broad SMARTS) is 1. The molecule has 0 saturated heterocycles. The second-order valence-electron chi connectivity index (χ2n) is 8.18. The average Bonchev–Trinajstić information content (AvgIpc) is 3.08. The quantitative estimate of drug-likeness (QED) is 0.409. The molecule has 0 aliphatic carbocycles. The van der Waals surface area contributed by atoms with Crippen molar-refractivity contribution >= 4 is 40.2 Å². The molecule has 2 heterocycles. The molecule has 0 amide bonds. The second-order valence-corrected chi connectivity index (χ2v) is 8.62. The Kier molecular flexibility index (Phi) is 6.30. The highest BCUT2D eigenvalue weighted by Gasteiger charge is 2.19. The highest BCUT2D eigenvalue weighted by atomic mass is 35.5. The van der Waals surface area contributed by atoms with Gasteiger partial charge in [0.15, 0.2) is 0 Å². The third-order valence-corrected chi connectivity index (χ3v) is 5.96. The number of furan rings is 1. The molecular weight excluding hydrogens is 460 g/mol. The lowest BCUT2D eigenvalue weighted by Gasteiger charge is -2.16. The fourth-order valence-electron chi connectivity index (χ4n) is 3.60. The minimum atomic E-state index is -1.11. The van der Waals surface area contributed by atoms with Gasteiger partial charge in [-0.3, -0.25) is 9.36 Å². The number of nitrogens with zero attached hydrogens (tertiary/aromatic N) is 3. The molecule has 4 rings (SSSR count). The lowest BCUT2D eigenvalue weighted by molar-refractivity contribution is -0.141. The summed E-state index contributed by atoms with van der Waals surface area (Å²) in [7, 11) is 0. The van der Waals surface area contributed by atoms with E-state index < -0.39 is 23.3 Å². The normalized spacial score (nSPS) is 12.1. The van der Waals surface area contributed by atoms with Crippen LogP contribution in [0.3, 0.4) is 0 Å². The van der Waals surface area contributed by atoms with Gasteiger partial charge < -0.3 is 14.8 Å². The van der Waals surface area contributed by atoms with Crippen LogP contribution in [0.25, 0.3) is 11.0 Å². The van der Waals surface area contributed by atoms with E-state index in [-0.39, 0.29) is 19.0 Å². The van der Waals surface area contributed by atoms with Gasteiger partial charge in [0.1, 0.15) is 11.3 Å². The number of halogens is 1. The predicted molar refractivity (Wildman–Crippen MR) is 129 cm³/mol. The largest absolute Gasteiger partial charge is 0.481 e. The van der Waals surface area contributed by atoms with Crippen molar-refractivity contribution in [3.05, 3.63) is 85.3 Å². The van der Waals surface area contributed by atoms with Gasteiger partial charge >= 0.3 is 17.3 Å². The number of aliphatic carboxylic acids is 1. The van der Waals surface area contributed by atoms with Crippen LogP contribution >= 0.6 is 11.6 Å². The van der Waals surface area contributed by atoms with Crippen molar-refractivity contribution in [1.29, 1.82) is 0 Å². The van der Waals surface area contributed by atoms with E-state index >= 15 is 0 Å². The topological polar surface area (TPSA) is 119 Å². The van der Waals surface area contributed by atoms with Crippen molar-refractivity contribution in [3.63, 3.8) is 0 Å². The van der Waals surface area contributed by atoms with Crippen LogP contribution in [0.2, 0.25) is 5.02 Å². The summed E-state index contributed by atoms with van der Waals surface area (Å²) in [5.41, 5.74) is 1.59. The Labute approximate surface area is 199 Å². The van der Waals surface area contributed by atoms with E-state index in [1.54, 1.807) is 36.4 Å². The molecule has 0 radical (unpaired) electrons. The number of rotatable bonds is 7.